The van der Waals surface area contributed by atoms with E-state index in [4.69, 9.17) is 0 Å². The van der Waals surface area contributed by atoms with E-state index >= 15 is 0 Å². The van der Waals surface area contributed by atoms with Gasteiger partial charge in [-0.1, -0.05) is 143 Å². The number of hydrogen-bond donors (Lipinski definition) is 3. The lowest BCUT2D eigenvalue weighted by atomic mass is 9.84. The van der Waals surface area contributed by atoms with Crippen molar-refractivity contribution in [1.29, 1.82) is 0 Å². The van der Waals surface area contributed by atoms with E-state index < -0.39 is 0 Å². The largest absolute Gasteiger partial charge is 0.392 e. The molecule has 75 heavy (non-hydrogen) atoms. The van der Waals surface area contributed by atoms with Gasteiger partial charge in [-0.2, -0.15) is 0 Å². The van der Waals surface area contributed by atoms with E-state index in [1.807, 2.05) is 18.7 Å². The predicted octanol–water partition coefficient (Wildman–Crippen LogP) is 13.8. The number of amides is 2. The molecular formula is C65H134N8O2. The summed E-state index contributed by atoms with van der Waals surface area (Å²) in [5.74, 6) is 7.28. The number of aliphatic hydroxyl groups excluding tert-OH is 1. The topological polar surface area (TPSA) is 80.8 Å². The van der Waals surface area contributed by atoms with Crippen molar-refractivity contribution in [3.63, 3.8) is 0 Å². The van der Waals surface area contributed by atoms with E-state index in [0.717, 1.165) is 117 Å². The Bertz CT molecular complexity index is 1300. The summed E-state index contributed by atoms with van der Waals surface area (Å²) < 4.78 is 0. The van der Waals surface area contributed by atoms with Crippen molar-refractivity contribution in [3.8, 4) is 0 Å². The molecule has 0 aromatic heterocycles. The molecule has 0 radical (unpaired) electrons. The number of carbonyl (C=O) groups excluding carboxylic acids is 1. The van der Waals surface area contributed by atoms with Crippen LogP contribution in [0.25, 0.3) is 0 Å². The number of nitrogens with zero attached hydrogens (tertiary/aromatic N) is 6. The summed E-state index contributed by atoms with van der Waals surface area (Å²) in [4.78, 5) is 25.5. The molecule has 7 rings (SSSR count). The minimum atomic E-state index is -0.217. The van der Waals surface area contributed by atoms with E-state index in [1.165, 1.54) is 149 Å². The van der Waals surface area contributed by atoms with Gasteiger partial charge in [0.15, 0.2) is 0 Å². The fourth-order valence-corrected chi connectivity index (χ4v) is 11.1. The number of aliphatic hydroxyl groups is 1. The lowest BCUT2D eigenvalue weighted by Crippen LogP contribution is -2.45. The summed E-state index contributed by atoms with van der Waals surface area (Å²) in [5, 5.41) is 15.7. The zero-order chi connectivity index (χ0) is 56.5. The quantitative estimate of drug-likeness (QED) is 0.141. The summed E-state index contributed by atoms with van der Waals surface area (Å²) in [7, 11) is 0. The van der Waals surface area contributed by atoms with Gasteiger partial charge >= 0.3 is 6.03 Å². The number of piperazine rings is 1. The van der Waals surface area contributed by atoms with Gasteiger partial charge in [0.25, 0.3) is 0 Å². The molecule has 6 saturated heterocycles. The maximum absolute atomic E-state index is 11.0. The Balaban J connectivity index is 0.000000438. The average Bonchev–Trinajstić information content (AvgIpc) is 4.23. The smallest absolute Gasteiger partial charge is 0.317 e. The van der Waals surface area contributed by atoms with Crippen molar-refractivity contribution in [2.45, 2.75) is 245 Å². The summed E-state index contributed by atoms with van der Waals surface area (Å²) >= 11 is 0. The van der Waals surface area contributed by atoms with Crippen LogP contribution in [0.2, 0.25) is 0 Å². The molecule has 7 fully saturated rings. The SMILES string of the molecule is C=C1CN(CC(O)C(C)C)CCN1.CC(C)C(C)N1CCCC1.CC(C)CC1CCCCC1.CC(C)CCN1CCNC1=O.CC(C)CN1CCC(C)CC1.CC(C)[C@@H](C)N1CCCC1.CC(C)[C@H](C)N1CCCC1. The monoisotopic (exact) mass is 1060 g/mol. The van der Waals surface area contributed by atoms with Crippen molar-refractivity contribution in [2.75, 3.05) is 105 Å². The lowest BCUT2D eigenvalue weighted by molar-refractivity contribution is 0.0759. The third-order valence-corrected chi connectivity index (χ3v) is 17.4. The van der Waals surface area contributed by atoms with Gasteiger partial charge in [-0.25, -0.2) is 4.79 Å². The fourth-order valence-electron chi connectivity index (χ4n) is 11.1. The van der Waals surface area contributed by atoms with Gasteiger partial charge in [-0.05, 0) is 191 Å². The van der Waals surface area contributed by atoms with E-state index in [9.17, 15) is 9.90 Å². The Morgan fingerprint density at radius 3 is 1.28 bits per heavy atom. The second-order valence-electron chi connectivity index (χ2n) is 27.2. The number of β-amino-alcohol motifs (C(OH)–C–C–N with tert-alkyl or cyclic N) is 1. The van der Waals surface area contributed by atoms with Crippen LogP contribution in [0.5, 0.6) is 0 Å². The van der Waals surface area contributed by atoms with Gasteiger partial charge in [0.2, 0.25) is 0 Å². The third-order valence-electron chi connectivity index (χ3n) is 17.4. The molecule has 10 nitrogen and oxygen atoms in total. The number of likely N-dealkylation sites (tertiary alicyclic amines) is 4. The Labute approximate surface area is 469 Å². The molecule has 0 bridgehead atoms. The van der Waals surface area contributed by atoms with E-state index in [2.05, 4.69) is 152 Å². The van der Waals surface area contributed by atoms with E-state index in [-0.39, 0.29) is 12.1 Å². The zero-order valence-corrected chi connectivity index (χ0v) is 53.7. The molecule has 0 spiro atoms. The van der Waals surface area contributed by atoms with Crippen molar-refractivity contribution in [1.82, 2.24) is 40.0 Å². The molecule has 6 aliphatic heterocycles. The van der Waals surface area contributed by atoms with Crippen molar-refractivity contribution >= 4 is 6.03 Å². The van der Waals surface area contributed by atoms with Gasteiger partial charge < -0.3 is 40.2 Å². The van der Waals surface area contributed by atoms with Crippen LogP contribution in [0.1, 0.15) is 221 Å². The van der Waals surface area contributed by atoms with Crippen molar-refractivity contribution in [3.05, 3.63) is 12.3 Å². The van der Waals surface area contributed by atoms with Crippen LogP contribution in [0.4, 0.5) is 4.79 Å². The summed E-state index contributed by atoms with van der Waals surface area (Å²) in [6.07, 6.45) is 21.2. The molecule has 10 heteroatoms. The van der Waals surface area contributed by atoms with Gasteiger partial charge in [-0.15, -0.1) is 0 Å². The molecule has 0 aromatic rings. The fraction of sp³-hybridized carbons (Fsp3) is 0.954. The van der Waals surface area contributed by atoms with Gasteiger partial charge in [0.1, 0.15) is 0 Å². The summed E-state index contributed by atoms with van der Waals surface area (Å²) in [5.41, 5.74) is 1.06. The van der Waals surface area contributed by atoms with Crippen LogP contribution in [-0.2, 0) is 0 Å². The normalized spacial score (nSPS) is 22.2. The van der Waals surface area contributed by atoms with Crippen LogP contribution >= 0.6 is 0 Å². The van der Waals surface area contributed by atoms with Crippen LogP contribution in [-0.4, -0.2) is 169 Å². The first-order chi connectivity index (χ1) is 35.4. The molecular weight excluding hydrogens is 925 g/mol. The highest BCUT2D eigenvalue weighted by molar-refractivity contribution is 5.76. The van der Waals surface area contributed by atoms with Crippen LogP contribution in [0.15, 0.2) is 12.3 Å². The highest BCUT2D eigenvalue weighted by Crippen LogP contribution is 2.29. The first kappa shape index (κ1) is 71.6. The van der Waals surface area contributed by atoms with Crippen molar-refractivity contribution < 1.29 is 9.90 Å². The van der Waals surface area contributed by atoms with Crippen molar-refractivity contribution in [2.24, 2.45) is 53.3 Å². The molecule has 446 valence electrons. The number of carbonyl (C=O) groups is 1. The molecule has 2 unspecified atom stereocenters. The summed E-state index contributed by atoms with van der Waals surface area (Å²) in [6.45, 7) is 63.0. The maximum atomic E-state index is 11.0. The first-order valence-electron chi connectivity index (χ1n) is 32.2. The average molecular weight is 1060 g/mol. The summed E-state index contributed by atoms with van der Waals surface area (Å²) in [6, 6.07) is 2.48. The Morgan fingerprint density at radius 1 is 0.493 bits per heavy atom. The molecule has 1 saturated carbocycles. The number of piperidine rings is 1. The van der Waals surface area contributed by atoms with Gasteiger partial charge in [-0.3, -0.25) is 4.90 Å². The minimum absolute atomic E-state index is 0.102. The molecule has 4 atom stereocenters. The highest BCUT2D eigenvalue weighted by Gasteiger charge is 2.23. The minimum Gasteiger partial charge on any atom is -0.392 e. The molecule has 1 aliphatic carbocycles. The van der Waals surface area contributed by atoms with E-state index in [1.54, 1.807) is 0 Å². The Hall–Kier alpha value is -1.43. The van der Waals surface area contributed by atoms with Crippen LogP contribution in [0, 0.1) is 53.3 Å². The lowest BCUT2D eigenvalue weighted by Gasteiger charge is -2.31. The van der Waals surface area contributed by atoms with Gasteiger partial charge in [0, 0.05) is 76.2 Å². The Morgan fingerprint density at radius 2 is 0.933 bits per heavy atom. The second kappa shape index (κ2) is 41.6. The Kier molecular flexibility index (Phi) is 39.7. The molecule has 3 N–H and O–H groups in total. The maximum Gasteiger partial charge on any atom is 0.317 e. The molecule has 6 heterocycles. The van der Waals surface area contributed by atoms with Crippen LogP contribution in [0.3, 0.4) is 0 Å². The number of hydrogen-bond acceptors (Lipinski definition) is 8. The number of nitrogens with one attached hydrogen (secondary N) is 2. The van der Waals surface area contributed by atoms with Gasteiger partial charge in [0.05, 0.1) is 6.10 Å². The third kappa shape index (κ3) is 34.4. The molecule has 0 aromatic carbocycles. The zero-order valence-electron chi connectivity index (χ0n) is 53.7. The first-order valence-corrected chi connectivity index (χ1v) is 32.2. The highest BCUT2D eigenvalue weighted by atomic mass is 16.3. The predicted molar refractivity (Wildman–Crippen MR) is 330 cm³/mol. The number of rotatable bonds is 16. The standard InChI is InChI=1S/C10H20N2O.C10H21N.C10H20.3C9H19N.C8H16N2O/c1-8(2)10(13)7-12-5-4-11-9(3)6-12;1-9(2)8-11-6-4-10(3)5-7-11;1-9(2)8-10-6-4-3-5-7-10;3*1-8(2)9(3)10-6-4-5-7-10;1-7(2)3-5-10-6-4-9-8(10)11/h8,10-11,13H,3-7H2,1-2H3;9-10H,4-8H2,1-3H3;9-10H,3-8H2,1-2H3;3*8-9H,4-7H2,1-3H3;7H,3-6H2,1-2H3,(H,9,11)/t;;;2*9-;;/m...10../s1. The van der Waals surface area contributed by atoms with E-state index in [0.29, 0.717) is 11.8 Å². The van der Waals surface area contributed by atoms with Crippen LogP contribution < -0.4 is 10.6 Å². The molecule has 7 aliphatic rings. The molecule has 2 amide bonds. The second-order valence-corrected chi connectivity index (χ2v) is 27.2. The number of urea groups is 1.